The van der Waals surface area contributed by atoms with E-state index in [9.17, 15) is 4.79 Å². The van der Waals surface area contributed by atoms with Gasteiger partial charge < -0.3 is 4.98 Å². The quantitative estimate of drug-likeness (QED) is 0.310. The zero-order chi connectivity index (χ0) is 20.7. The first-order valence-electron chi connectivity index (χ1n) is 9.64. The van der Waals surface area contributed by atoms with Gasteiger partial charge in [-0.05, 0) is 83.1 Å². The highest BCUT2D eigenvalue weighted by Gasteiger charge is 2.13. The highest BCUT2D eigenvalue weighted by atomic mass is 127. The van der Waals surface area contributed by atoms with Gasteiger partial charge in [0.25, 0.3) is 5.56 Å². The fraction of sp³-hybridized carbons (Fsp3) is 0.0400. The molecular formula is C25H18IN3O. The number of nitrogens with zero attached hydrogens (tertiary/aromatic N) is 2. The summed E-state index contributed by atoms with van der Waals surface area (Å²) < 4.78 is 2.72. The molecule has 0 atom stereocenters. The lowest BCUT2D eigenvalue weighted by Gasteiger charge is -2.13. The van der Waals surface area contributed by atoms with Gasteiger partial charge in [0.05, 0.1) is 16.6 Å². The topological polar surface area (TPSA) is 50.7 Å². The molecule has 0 aliphatic rings. The summed E-state index contributed by atoms with van der Waals surface area (Å²) in [4.78, 5) is 21.6. The molecular weight excluding hydrogens is 485 g/mol. The number of nitrogens with one attached hydrogen (secondary N) is 1. The monoisotopic (exact) mass is 503 g/mol. The Bertz CT molecular complexity index is 1490. The first-order chi connectivity index (χ1) is 14.6. The summed E-state index contributed by atoms with van der Waals surface area (Å²) in [6.07, 6.45) is 5.90. The van der Waals surface area contributed by atoms with Crippen molar-refractivity contribution in [1.82, 2.24) is 14.5 Å². The van der Waals surface area contributed by atoms with E-state index in [1.807, 2.05) is 85.9 Å². The number of rotatable bonds is 3. The summed E-state index contributed by atoms with van der Waals surface area (Å²) in [6, 6.07) is 21.8. The molecule has 5 rings (SSSR count). The van der Waals surface area contributed by atoms with Gasteiger partial charge in [0.2, 0.25) is 0 Å². The smallest absolute Gasteiger partial charge is 0.266 e. The molecule has 0 bridgehead atoms. The second-order valence-electron chi connectivity index (χ2n) is 7.18. The van der Waals surface area contributed by atoms with E-state index in [0.29, 0.717) is 16.7 Å². The van der Waals surface area contributed by atoms with Crippen molar-refractivity contribution in [1.29, 1.82) is 0 Å². The van der Waals surface area contributed by atoms with E-state index >= 15 is 0 Å². The molecule has 2 heterocycles. The highest BCUT2D eigenvalue weighted by molar-refractivity contribution is 14.1. The predicted molar refractivity (Wildman–Crippen MR) is 132 cm³/mol. The van der Waals surface area contributed by atoms with Crippen LogP contribution in [0.5, 0.6) is 0 Å². The molecule has 5 aromatic rings. The van der Waals surface area contributed by atoms with E-state index in [4.69, 9.17) is 4.98 Å². The number of fused-ring (bicyclic) bond motifs is 2. The van der Waals surface area contributed by atoms with Crippen molar-refractivity contribution in [3.8, 4) is 5.69 Å². The Morgan fingerprint density at radius 3 is 2.63 bits per heavy atom. The van der Waals surface area contributed by atoms with E-state index in [2.05, 4.69) is 33.6 Å². The number of para-hydroxylation sites is 2. The van der Waals surface area contributed by atoms with Crippen molar-refractivity contribution >= 4 is 56.5 Å². The second kappa shape index (κ2) is 7.57. The summed E-state index contributed by atoms with van der Waals surface area (Å²) in [5.74, 6) is 0.605. The zero-order valence-corrected chi connectivity index (χ0v) is 18.4. The Morgan fingerprint density at radius 1 is 0.967 bits per heavy atom. The third-order valence-corrected chi connectivity index (χ3v) is 5.92. The Labute approximate surface area is 187 Å². The molecule has 0 spiro atoms. The Hall–Kier alpha value is -3.19. The number of aromatic amines is 1. The van der Waals surface area contributed by atoms with Crippen LogP contribution >= 0.6 is 22.6 Å². The number of aryl methyl sites for hydroxylation is 1. The van der Waals surface area contributed by atoms with Crippen LogP contribution in [-0.2, 0) is 0 Å². The highest BCUT2D eigenvalue weighted by Crippen LogP contribution is 2.22. The fourth-order valence-corrected chi connectivity index (χ4v) is 4.22. The van der Waals surface area contributed by atoms with E-state index in [1.165, 1.54) is 0 Å². The van der Waals surface area contributed by atoms with Crippen LogP contribution in [0.1, 0.15) is 17.0 Å². The summed E-state index contributed by atoms with van der Waals surface area (Å²) in [6.45, 7) is 2.01. The van der Waals surface area contributed by atoms with Crippen molar-refractivity contribution in [3.05, 3.63) is 104 Å². The van der Waals surface area contributed by atoms with Crippen molar-refractivity contribution in [2.45, 2.75) is 6.92 Å². The summed E-state index contributed by atoms with van der Waals surface area (Å²) in [7, 11) is 0. The van der Waals surface area contributed by atoms with Crippen LogP contribution in [0, 0.1) is 10.5 Å². The maximum Gasteiger partial charge on any atom is 0.266 e. The van der Waals surface area contributed by atoms with Gasteiger partial charge in [0.15, 0.2) is 0 Å². The van der Waals surface area contributed by atoms with Crippen molar-refractivity contribution < 1.29 is 0 Å². The minimum Gasteiger partial charge on any atom is -0.361 e. The number of aromatic nitrogens is 3. The largest absolute Gasteiger partial charge is 0.361 e. The van der Waals surface area contributed by atoms with Crippen LogP contribution in [0.3, 0.4) is 0 Å². The molecule has 4 nitrogen and oxygen atoms in total. The zero-order valence-electron chi connectivity index (χ0n) is 16.3. The van der Waals surface area contributed by atoms with E-state index in [-0.39, 0.29) is 5.56 Å². The molecule has 2 aromatic heterocycles. The lowest BCUT2D eigenvalue weighted by Crippen LogP contribution is -2.23. The van der Waals surface area contributed by atoms with Crippen LogP contribution in [0.2, 0.25) is 0 Å². The molecule has 3 aromatic carbocycles. The molecule has 1 N–H and O–H groups in total. The van der Waals surface area contributed by atoms with Crippen LogP contribution in [-0.4, -0.2) is 14.5 Å². The van der Waals surface area contributed by atoms with Crippen LogP contribution in [0.25, 0.3) is 39.6 Å². The van der Waals surface area contributed by atoms with E-state index in [0.717, 1.165) is 31.3 Å². The summed E-state index contributed by atoms with van der Waals surface area (Å²) in [5.41, 5.74) is 4.63. The van der Waals surface area contributed by atoms with Crippen LogP contribution < -0.4 is 5.56 Å². The Morgan fingerprint density at radius 2 is 1.77 bits per heavy atom. The molecule has 0 aliphatic heterocycles. The molecule has 0 unspecified atom stereocenters. The molecule has 30 heavy (non-hydrogen) atoms. The lowest BCUT2D eigenvalue weighted by atomic mass is 10.1. The van der Waals surface area contributed by atoms with Crippen LogP contribution in [0.15, 0.2) is 77.7 Å². The average molecular weight is 503 g/mol. The van der Waals surface area contributed by atoms with Crippen molar-refractivity contribution in [2.75, 3.05) is 0 Å². The average Bonchev–Trinajstić information content (AvgIpc) is 3.17. The molecule has 0 saturated heterocycles. The SMILES string of the molecule is Cc1ccccc1-n1c(/C=C/c2c[nH]c3ccccc23)nc2ccc(I)cc2c1=O. The van der Waals surface area contributed by atoms with Crippen molar-refractivity contribution in [3.63, 3.8) is 0 Å². The van der Waals surface area contributed by atoms with Gasteiger partial charge in [-0.25, -0.2) is 4.98 Å². The normalized spacial score (nSPS) is 11.7. The van der Waals surface area contributed by atoms with Gasteiger partial charge in [-0.3, -0.25) is 9.36 Å². The molecule has 0 aliphatic carbocycles. The minimum absolute atomic E-state index is 0.0635. The number of H-pyrrole nitrogens is 1. The fourth-order valence-electron chi connectivity index (χ4n) is 3.73. The van der Waals surface area contributed by atoms with Crippen LogP contribution in [0.4, 0.5) is 0 Å². The van der Waals surface area contributed by atoms with Gasteiger partial charge in [-0.1, -0.05) is 36.4 Å². The predicted octanol–water partition coefficient (Wildman–Crippen LogP) is 5.95. The lowest BCUT2D eigenvalue weighted by molar-refractivity contribution is 0.934. The van der Waals surface area contributed by atoms with Gasteiger partial charge in [0.1, 0.15) is 5.82 Å². The molecule has 0 amide bonds. The first kappa shape index (κ1) is 18.8. The maximum atomic E-state index is 13.5. The molecule has 0 radical (unpaired) electrons. The Balaban J connectivity index is 1.76. The minimum atomic E-state index is -0.0635. The number of hydrogen-bond donors (Lipinski definition) is 1. The molecule has 0 fully saturated rings. The first-order valence-corrected chi connectivity index (χ1v) is 10.7. The van der Waals surface area contributed by atoms with E-state index < -0.39 is 0 Å². The maximum absolute atomic E-state index is 13.5. The number of halogens is 1. The van der Waals surface area contributed by atoms with Gasteiger partial charge in [-0.2, -0.15) is 0 Å². The third-order valence-electron chi connectivity index (χ3n) is 5.25. The van der Waals surface area contributed by atoms with Gasteiger partial charge >= 0.3 is 0 Å². The van der Waals surface area contributed by atoms with Gasteiger partial charge in [-0.15, -0.1) is 0 Å². The molecule has 0 saturated carbocycles. The third kappa shape index (κ3) is 3.25. The summed E-state index contributed by atoms with van der Waals surface area (Å²) in [5, 5.41) is 1.75. The standard InChI is InChI=1S/C25H18IN3O/c1-16-6-2-5-9-23(16)29-24(28-22-12-11-18(26)14-20(22)25(29)30)13-10-17-15-27-21-8-4-3-7-19(17)21/h2-15,27H,1H3/b13-10+. The molecule has 146 valence electrons. The van der Waals surface area contributed by atoms with E-state index in [1.54, 1.807) is 4.57 Å². The number of hydrogen-bond acceptors (Lipinski definition) is 2. The summed E-state index contributed by atoms with van der Waals surface area (Å²) >= 11 is 2.22. The second-order valence-corrected chi connectivity index (χ2v) is 8.43. The van der Waals surface area contributed by atoms with Crippen molar-refractivity contribution in [2.24, 2.45) is 0 Å². The van der Waals surface area contributed by atoms with Gasteiger partial charge in [0, 0.05) is 20.7 Å². The Kier molecular flexibility index (Phi) is 4.75. The number of benzene rings is 3. The molecule has 5 heteroatoms.